The van der Waals surface area contributed by atoms with Gasteiger partial charge in [0.05, 0.1) is 48.1 Å². The molecular weight excluding hydrogens is 1290 g/mol. The average Bonchev–Trinajstić information content (AvgIpc) is 1.52. The maximum Gasteiger partial charge on any atom is 0.124 e. The smallest absolute Gasteiger partial charge is 0.124 e. The Morgan fingerprint density at radius 3 is 0.643 bits per heavy atom. The van der Waals surface area contributed by atoms with Crippen LogP contribution in [-0.4, -0.2) is 71.1 Å². The monoisotopic (exact) mass is 1400 g/mol. The van der Waals surface area contributed by atoms with E-state index >= 15 is 0 Å². The number of benzene rings is 10. The maximum atomic E-state index is 5.72. The molecule has 1 aliphatic rings. The molecule has 1 aliphatic carbocycles. The number of hydrogen-bond acceptors (Lipinski definition) is 8. The Kier molecular flexibility index (Phi) is 44.3. The van der Waals surface area contributed by atoms with Gasteiger partial charge in [0.1, 0.15) is 23.0 Å². The van der Waals surface area contributed by atoms with Crippen molar-refractivity contribution >= 4 is 10.8 Å². The van der Waals surface area contributed by atoms with Gasteiger partial charge >= 0.3 is 0 Å². The van der Waals surface area contributed by atoms with E-state index in [1.807, 2.05) is 107 Å². The molecule has 10 aromatic carbocycles. The molecule has 0 N–H and O–H groups in total. The molecule has 0 unspecified atom stereocenters. The first-order valence-corrected chi connectivity index (χ1v) is 33.8. The first kappa shape index (κ1) is 90.3. The molecule has 0 aliphatic heterocycles. The second kappa shape index (κ2) is 48.1. The van der Waals surface area contributed by atoms with Crippen LogP contribution in [0.3, 0.4) is 0 Å². The summed E-state index contributed by atoms with van der Waals surface area (Å²) in [5.41, 5.74) is 23.6. The zero-order valence-corrected chi connectivity index (χ0v) is 68.3. The minimum Gasteiger partial charge on any atom is -0.522 e. The first-order chi connectivity index (χ1) is 46.7. The molecule has 0 heterocycles. The van der Waals surface area contributed by atoms with Crippen LogP contribution in [0.1, 0.15) is 144 Å². The number of fused-ring (bicyclic) bond motifs is 4. The molecule has 10 aromatic rings. The maximum absolute atomic E-state index is 5.72. The Hall–Kier alpha value is -7.72. The van der Waals surface area contributed by atoms with Crippen molar-refractivity contribution in [3.05, 3.63) is 271 Å². The summed E-state index contributed by atoms with van der Waals surface area (Å²) in [6.07, 6.45) is 0. The third-order valence-electron chi connectivity index (χ3n) is 15.5. The largest absolute Gasteiger partial charge is 0.522 e. The number of ether oxygens (including phenoxy) is 8. The molecule has 0 aromatic heterocycles. The molecule has 0 bridgehead atoms. The van der Waals surface area contributed by atoms with Crippen molar-refractivity contribution in [3.8, 4) is 56.8 Å². The van der Waals surface area contributed by atoms with E-state index in [2.05, 4.69) is 223 Å². The molecule has 98 heavy (non-hydrogen) atoms. The fraction of sp³-hybridized carbons (Fsp3) is 0.348. The van der Waals surface area contributed by atoms with E-state index in [0.29, 0.717) is 0 Å². The molecule has 11 rings (SSSR count). The topological polar surface area (TPSA) is 73.8 Å². The van der Waals surface area contributed by atoms with E-state index in [4.69, 9.17) is 28.4 Å². The third kappa shape index (κ3) is 23.8. The van der Waals surface area contributed by atoms with Gasteiger partial charge in [-0.25, -0.2) is 0 Å². The zero-order valence-electron chi connectivity index (χ0n) is 65.5. The number of rotatable bonds is 9. The summed E-state index contributed by atoms with van der Waals surface area (Å²) in [7, 11) is 16.8. The normalized spacial score (nSPS) is 10.2. The number of hydrogen-bond donors (Lipinski definition) is 0. The second-order valence-corrected chi connectivity index (χ2v) is 22.3. The molecule has 0 saturated carbocycles. The van der Waals surface area contributed by atoms with Gasteiger partial charge in [-0.1, -0.05) is 204 Å². The van der Waals surface area contributed by atoms with E-state index in [1.54, 1.807) is 71.1 Å². The van der Waals surface area contributed by atoms with Crippen LogP contribution in [0.25, 0.3) is 33.0 Å². The number of methoxy groups -OCH3 is 8. The van der Waals surface area contributed by atoms with Gasteiger partial charge in [0.2, 0.25) is 0 Å². The predicted octanol–water partition coefficient (Wildman–Crippen LogP) is 23.6. The standard InChI is InChI=1S/C31H30O2.C18H22O2.C10H8.2C9H11O.2C2H6O.4C2H6.Y/c1-19-15-23(16-20(2)29(19)32-5)31(24-17-21(3)30(33-6)22(4)18-24)27-13-9-7-11-25(27)26-12-8-10-14-28(26)31;1-11-7-15(8-12(2)17(11)19-5)16-9-13(3)18(20-6)14(4)10-16;1-2-6-10-8-4-3-7-9(10)5-1;2*1-7-5-4-6-8(2)9(7)10-3;2*1-3-2;4*1-2;/h7-18H,1-6H3;7-10H,1-6H3;1-8H;2*5-6H,1-3H3;2*1-2H3;4*1-2H3;/q;;;2*-1;;;;;;;. The van der Waals surface area contributed by atoms with E-state index in [1.165, 1.54) is 55.3 Å². The van der Waals surface area contributed by atoms with Crippen LogP contribution < -0.4 is 28.4 Å². The van der Waals surface area contributed by atoms with Crippen molar-refractivity contribution in [2.75, 3.05) is 71.1 Å². The van der Waals surface area contributed by atoms with Crippen molar-refractivity contribution in [3.63, 3.8) is 0 Å². The van der Waals surface area contributed by atoms with Gasteiger partial charge < -0.3 is 37.9 Å². The predicted molar refractivity (Wildman–Crippen MR) is 418 cm³/mol. The van der Waals surface area contributed by atoms with Crippen molar-refractivity contribution in [2.45, 2.75) is 144 Å². The van der Waals surface area contributed by atoms with E-state index in [-0.39, 0.29) is 32.7 Å². The van der Waals surface area contributed by atoms with Crippen LogP contribution in [0.4, 0.5) is 0 Å². The van der Waals surface area contributed by atoms with Crippen molar-refractivity contribution in [1.29, 1.82) is 0 Å². The SMILES string of the molecule is CC.CC.CC.CC.COC.COC.COc1c(C)c[c-]cc1C.COc1c(C)c[c-]cc1C.COc1c(C)cc(-c2cc(C)c(OC)c(C)c2)cc1C.COc1c(C)cc(C2(c3cc(C)c(OC)c(C)c3)c3ccccc3-c3ccccc32)cc1C.[Y].c1ccc2ccccc2c1. The van der Waals surface area contributed by atoms with Gasteiger partial charge in [0.25, 0.3) is 0 Å². The van der Waals surface area contributed by atoms with Crippen molar-refractivity contribution < 1.29 is 70.6 Å². The Balaban J connectivity index is 0.00000124. The van der Waals surface area contributed by atoms with Crippen LogP contribution in [0, 0.1) is 95.2 Å². The molecule has 0 saturated heterocycles. The molecule has 0 spiro atoms. The summed E-state index contributed by atoms with van der Waals surface area (Å²) in [5.74, 6) is 5.79. The summed E-state index contributed by atoms with van der Waals surface area (Å²) in [6.45, 7) is 40.9. The quantitative estimate of drug-likeness (QED) is 0.132. The van der Waals surface area contributed by atoms with Crippen LogP contribution >= 0.6 is 0 Å². The molecule has 9 heteroatoms. The Bertz CT molecular complexity index is 3500. The van der Waals surface area contributed by atoms with Crippen LogP contribution in [-0.2, 0) is 47.6 Å². The fourth-order valence-corrected chi connectivity index (χ4v) is 12.1. The molecule has 1 radical (unpaired) electrons. The van der Waals surface area contributed by atoms with Gasteiger partial charge in [-0.05, 0) is 179 Å². The summed E-state index contributed by atoms with van der Waals surface area (Å²) < 4.78 is 41.1. The fourth-order valence-electron chi connectivity index (χ4n) is 12.1. The van der Waals surface area contributed by atoms with E-state index in [9.17, 15) is 0 Å². The Labute approximate surface area is 619 Å². The van der Waals surface area contributed by atoms with Gasteiger partial charge in [0, 0.05) is 72.6 Å². The molecule has 527 valence electrons. The van der Waals surface area contributed by atoms with E-state index in [0.717, 1.165) is 101 Å². The van der Waals surface area contributed by atoms with Crippen molar-refractivity contribution in [1.82, 2.24) is 0 Å². The van der Waals surface area contributed by atoms with E-state index < -0.39 is 5.41 Å². The van der Waals surface area contributed by atoms with Crippen LogP contribution in [0.5, 0.6) is 34.5 Å². The van der Waals surface area contributed by atoms with Crippen LogP contribution in [0.15, 0.2) is 170 Å². The molecule has 0 amide bonds. The van der Waals surface area contributed by atoms with Gasteiger partial charge in [0.15, 0.2) is 0 Å². The van der Waals surface area contributed by atoms with Gasteiger partial charge in [-0.3, -0.25) is 0 Å². The summed E-state index contributed by atoms with van der Waals surface area (Å²) >= 11 is 0. The number of aryl methyl sites for hydroxylation is 12. The van der Waals surface area contributed by atoms with Crippen LogP contribution in [0.2, 0.25) is 0 Å². The third-order valence-corrected chi connectivity index (χ3v) is 15.5. The molecule has 0 atom stereocenters. The molecule has 8 nitrogen and oxygen atoms in total. The Morgan fingerprint density at radius 2 is 0.439 bits per heavy atom. The minimum atomic E-state index is -0.420. The summed E-state index contributed by atoms with van der Waals surface area (Å²) in [5, 5.41) is 2.62. The van der Waals surface area contributed by atoms with Crippen molar-refractivity contribution in [2.24, 2.45) is 0 Å². The average molecular weight is 1400 g/mol. The second-order valence-electron chi connectivity index (χ2n) is 22.3. The Morgan fingerprint density at radius 1 is 0.255 bits per heavy atom. The summed E-state index contributed by atoms with van der Waals surface area (Å²) in [4.78, 5) is 0. The van der Waals surface area contributed by atoms with Gasteiger partial charge in [-0.15, -0.1) is 22.3 Å². The molecule has 0 fully saturated rings. The zero-order chi connectivity index (χ0) is 73.5. The molecular formula is C89H118O8Y-2. The first-order valence-electron chi connectivity index (χ1n) is 33.8. The summed E-state index contributed by atoms with van der Waals surface area (Å²) in [6, 6.07) is 66.0. The minimum absolute atomic E-state index is 0. The van der Waals surface area contributed by atoms with Gasteiger partial charge in [-0.2, -0.15) is 36.4 Å².